The molecule has 23 heavy (non-hydrogen) atoms. The van der Waals surface area contributed by atoms with Crippen LogP contribution >= 0.6 is 0 Å². The molecule has 1 aliphatic carbocycles. The largest absolute Gasteiger partial charge is 0.295 e. The second-order valence-corrected chi connectivity index (χ2v) is 5.71. The van der Waals surface area contributed by atoms with Crippen LogP contribution in [0.2, 0.25) is 0 Å². The summed E-state index contributed by atoms with van der Waals surface area (Å²) in [6.07, 6.45) is 6.57. The summed E-state index contributed by atoms with van der Waals surface area (Å²) in [5, 5.41) is 0. The molecule has 0 aromatic heterocycles. The van der Waals surface area contributed by atoms with Gasteiger partial charge in [-0.2, -0.15) is 0 Å². The summed E-state index contributed by atoms with van der Waals surface area (Å²) in [4.78, 5) is 11.3. The maximum absolute atomic E-state index is 11.3. The van der Waals surface area contributed by atoms with Gasteiger partial charge < -0.3 is 0 Å². The summed E-state index contributed by atoms with van der Waals surface area (Å²) in [5.41, 5.74) is 8.08. The lowest BCUT2D eigenvalue weighted by molar-refractivity contribution is -0.113. The van der Waals surface area contributed by atoms with Crippen molar-refractivity contribution < 1.29 is 4.79 Å². The summed E-state index contributed by atoms with van der Waals surface area (Å²) in [6, 6.07) is 15.0. The summed E-state index contributed by atoms with van der Waals surface area (Å²) in [5.74, 6) is 2.40. The van der Waals surface area contributed by atoms with Crippen LogP contribution in [0, 0.1) is 32.6 Å². The van der Waals surface area contributed by atoms with E-state index in [9.17, 15) is 4.79 Å². The second-order valence-electron chi connectivity index (χ2n) is 5.71. The maximum Gasteiger partial charge on any atom is 0.156 e. The minimum atomic E-state index is 0.155. The summed E-state index contributed by atoms with van der Waals surface area (Å²) in [7, 11) is 0. The van der Waals surface area contributed by atoms with Crippen LogP contribution in [0.25, 0.3) is 16.7 Å². The van der Waals surface area contributed by atoms with Crippen LogP contribution in [0.5, 0.6) is 0 Å². The van der Waals surface area contributed by atoms with Gasteiger partial charge in [0, 0.05) is 12.0 Å². The molecule has 0 saturated heterocycles. The molecule has 1 radical (unpaired) electrons. The lowest BCUT2D eigenvalue weighted by Crippen LogP contribution is -1.86. The molecule has 0 bridgehead atoms. The molecule has 0 spiro atoms. The van der Waals surface area contributed by atoms with Crippen molar-refractivity contribution in [3.05, 3.63) is 71.1 Å². The lowest BCUT2D eigenvalue weighted by atomic mass is 9.98. The van der Waals surface area contributed by atoms with E-state index in [2.05, 4.69) is 68.7 Å². The van der Waals surface area contributed by atoms with E-state index in [1.54, 1.807) is 13.8 Å². The third-order valence-electron chi connectivity index (χ3n) is 3.78. The van der Waals surface area contributed by atoms with E-state index in [1.807, 2.05) is 6.42 Å². The fraction of sp³-hybridized carbons (Fsp3) is 0.182. The van der Waals surface area contributed by atoms with Crippen molar-refractivity contribution in [3.8, 4) is 23.5 Å². The molecule has 0 heterocycles. The number of aryl methyl sites for hydroxylation is 2. The molecule has 0 atom stereocenters. The number of carbonyl (C=O) groups excluding carboxylic acids is 1. The van der Waals surface area contributed by atoms with Gasteiger partial charge in [-0.25, -0.2) is 0 Å². The van der Waals surface area contributed by atoms with Crippen LogP contribution in [-0.4, -0.2) is 5.78 Å². The van der Waals surface area contributed by atoms with Gasteiger partial charge in [0.25, 0.3) is 0 Å². The number of carbonyl (C=O) groups is 1. The van der Waals surface area contributed by atoms with E-state index in [0.717, 1.165) is 11.1 Å². The zero-order chi connectivity index (χ0) is 17.0. The van der Waals surface area contributed by atoms with Crippen LogP contribution in [0.3, 0.4) is 0 Å². The highest BCUT2D eigenvalue weighted by molar-refractivity contribution is 6.17. The zero-order valence-electron chi connectivity index (χ0n) is 14.1. The summed E-state index contributed by atoms with van der Waals surface area (Å²) in [6.45, 7) is 7.47. The quantitative estimate of drug-likeness (QED) is 0.715. The van der Waals surface area contributed by atoms with Gasteiger partial charge in [0.05, 0.1) is 0 Å². The second kappa shape index (κ2) is 7.11. The predicted molar refractivity (Wildman–Crippen MR) is 97.8 cm³/mol. The Hall–Kier alpha value is -2.59. The molecule has 0 unspecified atom stereocenters. The Morgan fingerprint density at radius 2 is 1.57 bits per heavy atom. The Morgan fingerprint density at radius 1 is 1.00 bits per heavy atom. The molecule has 2 aromatic carbocycles. The van der Waals surface area contributed by atoms with Crippen molar-refractivity contribution in [3.63, 3.8) is 0 Å². The van der Waals surface area contributed by atoms with Gasteiger partial charge in [0.1, 0.15) is 0 Å². The summed E-state index contributed by atoms with van der Waals surface area (Å²) < 4.78 is 0. The fourth-order valence-electron chi connectivity index (χ4n) is 2.51. The molecular formula is C22H21O. The smallest absolute Gasteiger partial charge is 0.156 e. The molecule has 115 valence electrons. The number of Topliss-reactive ketones (excluding diaryl/α,β-unsaturated/α-hetero) is 1. The monoisotopic (exact) mass is 301 g/mol. The molecule has 3 rings (SSSR count). The molecule has 1 aliphatic rings. The highest BCUT2D eigenvalue weighted by atomic mass is 16.1. The first-order chi connectivity index (χ1) is 11.0. The maximum atomic E-state index is 11.3. The van der Waals surface area contributed by atoms with Crippen molar-refractivity contribution in [2.24, 2.45) is 0 Å². The van der Waals surface area contributed by atoms with Gasteiger partial charge in [0.2, 0.25) is 0 Å². The molecule has 1 heteroatoms. The Bertz CT molecular complexity index is 799. The molecule has 0 aliphatic heterocycles. The Balaban J connectivity index is 0.000000595. The number of ketones is 1. The van der Waals surface area contributed by atoms with Crippen molar-refractivity contribution in [2.45, 2.75) is 27.7 Å². The number of hydrogen-bond acceptors (Lipinski definition) is 1. The van der Waals surface area contributed by atoms with Gasteiger partial charge in [0.15, 0.2) is 5.78 Å². The normalized spacial score (nSPS) is 12.1. The molecule has 0 saturated carbocycles. The highest BCUT2D eigenvalue weighted by Gasteiger charge is 2.28. The molecule has 0 N–H and O–H groups in total. The minimum Gasteiger partial charge on any atom is -0.295 e. The molecule has 1 nitrogen and oxygen atoms in total. The van der Waals surface area contributed by atoms with E-state index in [-0.39, 0.29) is 5.78 Å². The summed E-state index contributed by atoms with van der Waals surface area (Å²) >= 11 is 0. The van der Waals surface area contributed by atoms with Gasteiger partial charge in [-0.05, 0) is 55.5 Å². The van der Waals surface area contributed by atoms with Crippen LogP contribution in [-0.2, 0) is 4.79 Å². The SMILES string of the molecule is C#CC.CC(=O)C1=C(c2ccc(-c3ccc(C)cc3)cc2C)[CH]1. The standard InChI is InChI=1S/C19H17O.C3H4/c1-12-4-6-15(7-5-12)16-8-9-17(13(2)10-16)19-11-18(19)14(3)20;1-3-2/h4-11H,1-3H3;1H,2H3. The third-order valence-corrected chi connectivity index (χ3v) is 3.78. The van der Waals surface area contributed by atoms with Crippen molar-refractivity contribution >= 4 is 11.4 Å². The first-order valence-corrected chi connectivity index (χ1v) is 7.63. The number of benzene rings is 2. The third kappa shape index (κ3) is 3.99. The van der Waals surface area contributed by atoms with Gasteiger partial charge in [-0.3, -0.25) is 4.79 Å². The lowest BCUT2D eigenvalue weighted by Gasteiger charge is -2.07. The highest BCUT2D eigenvalue weighted by Crippen LogP contribution is 2.41. The van der Waals surface area contributed by atoms with E-state index in [4.69, 9.17) is 0 Å². The number of hydrogen-bond donors (Lipinski definition) is 0. The number of rotatable bonds is 3. The van der Waals surface area contributed by atoms with E-state index in [1.165, 1.54) is 27.8 Å². The van der Waals surface area contributed by atoms with Crippen LogP contribution < -0.4 is 0 Å². The Morgan fingerprint density at radius 3 is 2.04 bits per heavy atom. The molecule has 2 aromatic rings. The van der Waals surface area contributed by atoms with Crippen LogP contribution in [0.4, 0.5) is 0 Å². The Kier molecular flexibility index (Phi) is 5.19. The predicted octanol–water partition coefficient (Wildman–Crippen LogP) is 5.17. The van der Waals surface area contributed by atoms with E-state index >= 15 is 0 Å². The van der Waals surface area contributed by atoms with E-state index in [0.29, 0.717) is 0 Å². The molecule has 0 fully saturated rings. The fourth-order valence-corrected chi connectivity index (χ4v) is 2.51. The van der Waals surface area contributed by atoms with Gasteiger partial charge >= 0.3 is 0 Å². The molecule has 0 amide bonds. The van der Waals surface area contributed by atoms with Crippen molar-refractivity contribution in [2.75, 3.05) is 0 Å². The van der Waals surface area contributed by atoms with Crippen molar-refractivity contribution in [1.82, 2.24) is 0 Å². The average Bonchev–Trinajstić information content (AvgIpc) is 3.29. The average molecular weight is 301 g/mol. The Labute approximate surface area is 139 Å². The first kappa shape index (κ1) is 16.8. The zero-order valence-corrected chi connectivity index (χ0v) is 14.1. The topological polar surface area (TPSA) is 17.1 Å². The minimum absolute atomic E-state index is 0.155. The van der Waals surface area contributed by atoms with Crippen LogP contribution in [0.15, 0.2) is 48.0 Å². The van der Waals surface area contributed by atoms with Crippen LogP contribution in [0.1, 0.15) is 30.5 Å². The number of allylic oxidation sites excluding steroid dienone is 2. The van der Waals surface area contributed by atoms with Gasteiger partial charge in [-0.1, -0.05) is 48.0 Å². The number of terminal acetylenes is 1. The first-order valence-electron chi connectivity index (χ1n) is 7.63. The van der Waals surface area contributed by atoms with Gasteiger partial charge in [-0.15, -0.1) is 12.3 Å². The molecular weight excluding hydrogens is 280 g/mol. The van der Waals surface area contributed by atoms with E-state index < -0.39 is 0 Å². The van der Waals surface area contributed by atoms with Crippen molar-refractivity contribution in [1.29, 1.82) is 0 Å².